The molecule has 2 rings (SSSR count). The van der Waals surface area contributed by atoms with Crippen LogP contribution in [0.2, 0.25) is 0 Å². The quantitative estimate of drug-likeness (QED) is 0.852. The number of amides is 1. The zero-order valence-electron chi connectivity index (χ0n) is 12.5. The maximum absolute atomic E-state index is 13.8. The largest absolute Gasteiger partial charge is 0.341 e. The van der Waals surface area contributed by atoms with Crippen molar-refractivity contribution >= 4 is 11.7 Å². The zero-order valence-corrected chi connectivity index (χ0v) is 12.5. The summed E-state index contributed by atoms with van der Waals surface area (Å²) in [5.74, 6) is -0.0480. The molecule has 1 aliphatic rings. The molecular weight excluding hydrogens is 271 g/mol. The predicted octanol–water partition coefficient (Wildman–Crippen LogP) is 2.01. The van der Waals surface area contributed by atoms with Crippen LogP contribution in [-0.4, -0.2) is 48.2 Å². The van der Waals surface area contributed by atoms with Gasteiger partial charge in [-0.1, -0.05) is 18.2 Å². The Hall–Kier alpha value is -1.75. The van der Waals surface area contributed by atoms with Crippen LogP contribution in [-0.2, 0) is 9.59 Å². The van der Waals surface area contributed by atoms with Crippen LogP contribution in [0.5, 0.6) is 0 Å². The molecule has 1 saturated heterocycles. The van der Waals surface area contributed by atoms with Crippen molar-refractivity contribution in [2.75, 3.05) is 26.7 Å². The lowest BCUT2D eigenvalue weighted by Gasteiger charge is -2.30. The number of rotatable bonds is 4. The van der Waals surface area contributed by atoms with E-state index in [1.54, 1.807) is 23.1 Å². The molecule has 0 aliphatic carbocycles. The van der Waals surface area contributed by atoms with Gasteiger partial charge in [0.15, 0.2) is 0 Å². The first-order chi connectivity index (χ1) is 9.99. The van der Waals surface area contributed by atoms with E-state index >= 15 is 0 Å². The minimum absolute atomic E-state index is 0.00631. The van der Waals surface area contributed by atoms with Crippen LogP contribution in [0.1, 0.15) is 31.4 Å². The number of piperidine rings is 1. The van der Waals surface area contributed by atoms with Crippen molar-refractivity contribution in [3.63, 3.8) is 0 Å². The fourth-order valence-electron chi connectivity index (χ4n) is 2.51. The number of likely N-dealkylation sites (tertiary alicyclic amines) is 1. The van der Waals surface area contributed by atoms with Crippen molar-refractivity contribution in [2.24, 2.45) is 0 Å². The molecule has 114 valence electrons. The SMILES string of the molecule is CC(c1ccccc1F)N(C)CC(=O)N1CCC(=O)CC1. The number of Topliss-reactive ketones (excluding diaryl/α,β-unsaturated/α-hetero) is 1. The summed E-state index contributed by atoms with van der Waals surface area (Å²) >= 11 is 0. The number of ketones is 1. The average molecular weight is 292 g/mol. The molecule has 0 aromatic heterocycles. The third-order valence-electron chi connectivity index (χ3n) is 4.07. The van der Waals surface area contributed by atoms with Crippen LogP contribution in [0.3, 0.4) is 0 Å². The first kappa shape index (κ1) is 15.6. The molecule has 1 atom stereocenters. The molecule has 1 unspecified atom stereocenters. The molecule has 0 spiro atoms. The third-order valence-corrected chi connectivity index (χ3v) is 4.07. The predicted molar refractivity (Wildman–Crippen MR) is 78.3 cm³/mol. The van der Waals surface area contributed by atoms with Gasteiger partial charge in [-0.15, -0.1) is 0 Å². The molecule has 1 fully saturated rings. The number of carbonyl (C=O) groups is 2. The van der Waals surface area contributed by atoms with E-state index in [2.05, 4.69) is 0 Å². The summed E-state index contributed by atoms with van der Waals surface area (Å²) in [4.78, 5) is 27.0. The van der Waals surface area contributed by atoms with Gasteiger partial charge < -0.3 is 4.90 Å². The summed E-state index contributed by atoms with van der Waals surface area (Å²) in [5, 5.41) is 0. The fraction of sp³-hybridized carbons (Fsp3) is 0.500. The zero-order chi connectivity index (χ0) is 15.4. The van der Waals surface area contributed by atoms with E-state index in [1.807, 2.05) is 18.9 Å². The second kappa shape index (κ2) is 6.80. The molecule has 1 aliphatic heterocycles. The number of hydrogen-bond donors (Lipinski definition) is 0. The van der Waals surface area contributed by atoms with E-state index < -0.39 is 0 Å². The molecule has 0 saturated carbocycles. The van der Waals surface area contributed by atoms with E-state index in [0.717, 1.165) is 0 Å². The molecule has 0 radical (unpaired) electrons. The van der Waals surface area contributed by atoms with Crippen LogP contribution < -0.4 is 0 Å². The number of halogens is 1. The van der Waals surface area contributed by atoms with Gasteiger partial charge in [-0.05, 0) is 20.0 Å². The summed E-state index contributed by atoms with van der Waals surface area (Å²) < 4.78 is 13.8. The van der Waals surface area contributed by atoms with Gasteiger partial charge in [0.2, 0.25) is 5.91 Å². The minimum atomic E-state index is -0.257. The number of hydrogen-bond acceptors (Lipinski definition) is 3. The monoisotopic (exact) mass is 292 g/mol. The second-order valence-corrected chi connectivity index (χ2v) is 5.53. The summed E-state index contributed by atoms with van der Waals surface area (Å²) in [6.07, 6.45) is 0.886. The van der Waals surface area contributed by atoms with Gasteiger partial charge in [-0.2, -0.15) is 0 Å². The van der Waals surface area contributed by atoms with Crippen molar-refractivity contribution in [3.05, 3.63) is 35.6 Å². The highest BCUT2D eigenvalue weighted by Crippen LogP contribution is 2.21. The maximum Gasteiger partial charge on any atom is 0.236 e. The molecule has 1 aromatic carbocycles. The lowest BCUT2D eigenvalue weighted by Crippen LogP contribution is -2.44. The second-order valence-electron chi connectivity index (χ2n) is 5.53. The maximum atomic E-state index is 13.8. The Bertz CT molecular complexity index is 523. The Morgan fingerprint density at radius 3 is 2.57 bits per heavy atom. The van der Waals surface area contributed by atoms with Gasteiger partial charge in [-0.25, -0.2) is 4.39 Å². The van der Waals surface area contributed by atoms with Crippen molar-refractivity contribution in [1.82, 2.24) is 9.80 Å². The first-order valence-corrected chi connectivity index (χ1v) is 7.23. The summed E-state index contributed by atoms with van der Waals surface area (Å²) in [7, 11) is 1.81. The lowest BCUT2D eigenvalue weighted by molar-refractivity contribution is -0.135. The van der Waals surface area contributed by atoms with E-state index in [0.29, 0.717) is 31.5 Å². The standard InChI is InChI=1S/C16H21FN2O2/c1-12(14-5-3-4-6-15(14)17)18(2)11-16(21)19-9-7-13(20)8-10-19/h3-6,12H,7-11H2,1-2H3. The highest BCUT2D eigenvalue weighted by molar-refractivity contribution is 5.84. The van der Waals surface area contributed by atoms with Crippen molar-refractivity contribution in [2.45, 2.75) is 25.8 Å². The molecule has 21 heavy (non-hydrogen) atoms. The third kappa shape index (κ3) is 3.88. The summed E-state index contributed by atoms with van der Waals surface area (Å²) in [6.45, 7) is 3.11. The van der Waals surface area contributed by atoms with Gasteiger partial charge in [0.25, 0.3) is 0 Å². The van der Waals surface area contributed by atoms with Gasteiger partial charge in [0.05, 0.1) is 6.54 Å². The van der Waals surface area contributed by atoms with E-state index in [1.165, 1.54) is 6.07 Å². The normalized spacial score (nSPS) is 17.1. The first-order valence-electron chi connectivity index (χ1n) is 7.23. The Balaban J connectivity index is 1.94. The van der Waals surface area contributed by atoms with Crippen molar-refractivity contribution < 1.29 is 14.0 Å². The Kier molecular flexibility index (Phi) is 5.07. The highest BCUT2D eigenvalue weighted by atomic mass is 19.1. The van der Waals surface area contributed by atoms with Crippen LogP contribution in [0.25, 0.3) is 0 Å². The van der Waals surface area contributed by atoms with Crippen molar-refractivity contribution in [3.8, 4) is 0 Å². The summed E-state index contributed by atoms with van der Waals surface area (Å²) in [5.41, 5.74) is 0.585. The van der Waals surface area contributed by atoms with Gasteiger partial charge >= 0.3 is 0 Å². The number of nitrogens with zero attached hydrogens (tertiary/aromatic N) is 2. The molecular formula is C16H21FN2O2. The van der Waals surface area contributed by atoms with Crippen LogP contribution in [0.4, 0.5) is 4.39 Å². The number of likely N-dealkylation sites (N-methyl/N-ethyl adjacent to an activating group) is 1. The van der Waals surface area contributed by atoms with E-state index in [-0.39, 0.29) is 30.1 Å². The van der Waals surface area contributed by atoms with Crippen molar-refractivity contribution in [1.29, 1.82) is 0 Å². The highest BCUT2D eigenvalue weighted by Gasteiger charge is 2.24. The molecule has 0 N–H and O–H groups in total. The molecule has 1 amide bonds. The molecule has 0 bridgehead atoms. The van der Waals surface area contributed by atoms with E-state index in [4.69, 9.17) is 0 Å². The Morgan fingerprint density at radius 2 is 1.95 bits per heavy atom. The lowest BCUT2D eigenvalue weighted by atomic mass is 10.1. The van der Waals surface area contributed by atoms with Crippen LogP contribution in [0.15, 0.2) is 24.3 Å². The van der Waals surface area contributed by atoms with Gasteiger partial charge in [0.1, 0.15) is 11.6 Å². The van der Waals surface area contributed by atoms with Gasteiger partial charge in [0, 0.05) is 37.5 Å². The molecule has 1 heterocycles. The molecule has 5 heteroatoms. The summed E-state index contributed by atoms with van der Waals surface area (Å²) in [6, 6.07) is 6.43. The Morgan fingerprint density at radius 1 is 1.33 bits per heavy atom. The molecule has 1 aromatic rings. The molecule has 4 nitrogen and oxygen atoms in total. The minimum Gasteiger partial charge on any atom is -0.341 e. The smallest absolute Gasteiger partial charge is 0.236 e. The number of benzene rings is 1. The van der Waals surface area contributed by atoms with Gasteiger partial charge in [-0.3, -0.25) is 14.5 Å². The van der Waals surface area contributed by atoms with Crippen LogP contribution >= 0.6 is 0 Å². The van der Waals surface area contributed by atoms with Crippen LogP contribution in [0, 0.1) is 5.82 Å². The Labute approximate surface area is 124 Å². The fourth-order valence-corrected chi connectivity index (χ4v) is 2.51. The average Bonchev–Trinajstić information content (AvgIpc) is 2.47. The topological polar surface area (TPSA) is 40.6 Å². The number of carbonyl (C=O) groups excluding carboxylic acids is 2. The van der Waals surface area contributed by atoms with E-state index in [9.17, 15) is 14.0 Å².